The van der Waals surface area contributed by atoms with E-state index in [4.69, 9.17) is 4.74 Å². The molecule has 7 heteroatoms. The van der Waals surface area contributed by atoms with Gasteiger partial charge in [-0.1, -0.05) is 43.2 Å². The Balaban J connectivity index is 1.06. The van der Waals surface area contributed by atoms with Gasteiger partial charge in [-0.25, -0.2) is 9.59 Å². The Morgan fingerprint density at radius 1 is 0.906 bits per heavy atom. The minimum absolute atomic E-state index is 0.169. The van der Waals surface area contributed by atoms with Gasteiger partial charge in [0, 0.05) is 38.3 Å². The molecule has 0 bridgehead atoms. The molecule has 1 aliphatic carbocycles. The fourth-order valence-corrected chi connectivity index (χ4v) is 6.19. The number of urea groups is 1. The van der Waals surface area contributed by atoms with Crippen molar-refractivity contribution in [1.29, 1.82) is 0 Å². The van der Waals surface area contributed by atoms with Crippen molar-refractivity contribution in [3.8, 4) is 0 Å². The van der Waals surface area contributed by atoms with Crippen LogP contribution in [-0.4, -0.2) is 77.2 Å². The number of ether oxygens (including phenoxy) is 1. The molecule has 5 rings (SSSR count). The Labute approximate surface area is 191 Å². The molecule has 4 aliphatic rings. The van der Waals surface area contributed by atoms with Gasteiger partial charge < -0.3 is 24.8 Å². The third kappa shape index (κ3) is 4.58. The van der Waals surface area contributed by atoms with Crippen molar-refractivity contribution >= 4 is 12.1 Å². The summed E-state index contributed by atoms with van der Waals surface area (Å²) in [5.41, 5.74) is 1.02. The lowest BCUT2D eigenvalue weighted by Gasteiger charge is -2.44. The lowest BCUT2D eigenvalue weighted by molar-refractivity contribution is 0.0462. The van der Waals surface area contributed by atoms with Crippen LogP contribution >= 0.6 is 0 Å². The number of fused-ring (bicyclic) bond motifs is 1. The van der Waals surface area contributed by atoms with Crippen LogP contribution < -0.4 is 5.32 Å². The molecule has 32 heavy (non-hydrogen) atoms. The number of amides is 3. The second-order valence-corrected chi connectivity index (χ2v) is 9.84. The van der Waals surface area contributed by atoms with Crippen LogP contribution in [0.15, 0.2) is 30.3 Å². The molecule has 1 saturated carbocycles. The van der Waals surface area contributed by atoms with E-state index in [2.05, 4.69) is 15.1 Å². The molecule has 0 unspecified atom stereocenters. The van der Waals surface area contributed by atoms with E-state index in [1.807, 2.05) is 35.2 Å². The number of nitrogens with one attached hydrogen (secondary N) is 1. The van der Waals surface area contributed by atoms with E-state index in [0.717, 1.165) is 70.3 Å². The Morgan fingerprint density at radius 2 is 1.59 bits per heavy atom. The number of benzene rings is 1. The van der Waals surface area contributed by atoms with Crippen molar-refractivity contribution in [3.05, 3.63) is 35.9 Å². The number of hydrogen-bond acceptors (Lipinski definition) is 4. The maximum atomic E-state index is 12.6. The van der Waals surface area contributed by atoms with Gasteiger partial charge >= 0.3 is 12.1 Å². The zero-order valence-electron chi connectivity index (χ0n) is 19.0. The predicted molar refractivity (Wildman–Crippen MR) is 122 cm³/mol. The van der Waals surface area contributed by atoms with E-state index >= 15 is 0 Å². The second kappa shape index (κ2) is 9.69. The summed E-state index contributed by atoms with van der Waals surface area (Å²) in [7, 11) is 0. The fraction of sp³-hybridized carbons (Fsp3) is 0.680. The molecular formula is C25H36N4O3. The van der Waals surface area contributed by atoms with Gasteiger partial charge in [0.15, 0.2) is 0 Å². The highest BCUT2D eigenvalue weighted by Crippen LogP contribution is 2.33. The van der Waals surface area contributed by atoms with Crippen LogP contribution in [0.3, 0.4) is 0 Å². The van der Waals surface area contributed by atoms with Crippen molar-refractivity contribution in [2.75, 3.05) is 26.2 Å². The molecular weight excluding hydrogens is 404 g/mol. The smallest absolute Gasteiger partial charge is 0.410 e. The number of likely N-dealkylation sites (tertiary alicyclic amines) is 2. The van der Waals surface area contributed by atoms with E-state index in [0.29, 0.717) is 30.8 Å². The largest absolute Gasteiger partial charge is 0.445 e. The number of carbonyl (C=O) groups excluding carboxylic acids is 2. The first-order valence-electron chi connectivity index (χ1n) is 12.5. The summed E-state index contributed by atoms with van der Waals surface area (Å²) < 4.78 is 5.50. The maximum Gasteiger partial charge on any atom is 0.410 e. The summed E-state index contributed by atoms with van der Waals surface area (Å²) in [4.78, 5) is 31.7. The molecule has 4 fully saturated rings. The molecule has 3 aliphatic heterocycles. The van der Waals surface area contributed by atoms with Gasteiger partial charge in [-0.15, -0.1) is 0 Å². The molecule has 0 radical (unpaired) electrons. The highest BCUT2D eigenvalue weighted by Gasteiger charge is 2.44. The molecule has 0 spiro atoms. The highest BCUT2D eigenvalue weighted by molar-refractivity contribution is 5.78. The lowest BCUT2D eigenvalue weighted by Crippen LogP contribution is -2.53. The Bertz CT molecular complexity index is 788. The zero-order valence-corrected chi connectivity index (χ0v) is 19.0. The maximum absolute atomic E-state index is 12.6. The summed E-state index contributed by atoms with van der Waals surface area (Å²) in [6.07, 6.45) is 8.71. The van der Waals surface area contributed by atoms with Crippen molar-refractivity contribution in [2.45, 2.75) is 82.1 Å². The van der Waals surface area contributed by atoms with Crippen LogP contribution in [0.5, 0.6) is 0 Å². The standard InChI is InChI=1S/C25H36N4O3/c30-24-26-22-8-4-5-9-23(22)29(24)21-12-14-27(15-13-21)20-10-16-28(17-11-20)25(31)32-18-19-6-2-1-3-7-19/h1-3,6-7,20-23H,4-5,8-18H2,(H,26,30)/t22-,23+/m1/s1. The Morgan fingerprint density at radius 3 is 2.34 bits per heavy atom. The van der Waals surface area contributed by atoms with Crippen LogP contribution in [0.1, 0.15) is 56.9 Å². The average Bonchev–Trinajstić information content (AvgIpc) is 3.19. The van der Waals surface area contributed by atoms with Crippen LogP contribution in [0.25, 0.3) is 0 Å². The summed E-state index contributed by atoms with van der Waals surface area (Å²) in [5, 5.41) is 3.24. The SMILES string of the molecule is O=C(OCc1ccccc1)N1CCC(N2CCC(N3C(=O)N[C@@H]4CCCC[C@@H]43)CC2)CC1. The molecule has 2 atom stereocenters. The molecule has 1 N–H and O–H groups in total. The summed E-state index contributed by atoms with van der Waals surface area (Å²) in [6.45, 7) is 3.95. The predicted octanol–water partition coefficient (Wildman–Crippen LogP) is 3.59. The van der Waals surface area contributed by atoms with Gasteiger partial charge in [-0.3, -0.25) is 0 Å². The van der Waals surface area contributed by atoms with E-state index in [1.54, 1.807) is 0 Å². The van der Waals surface area contributed by atoms with E-state index < -0.39 is 0 Å². The number of rotatable bonds is 4. The highest BCUT2D eigenvalue weighted by atomic mass is 16.6. The number of piperidine rings is 2. The zero-order chi connectivity index (χ0) is 21.9. The minimum atomic E-state index is -0.201. The Kier molecular flexibility index (Phi) is 6.53. The van der Waals surface area contributed by atoms with Crippen molar-refractivity contribution in [2.24, 2.45) is 0 Å². The second-order valence-electron chi connectivity index (χ2n) is 9.84. The van der Waals surface area contributed by atoms with Gasteiger partial charge in [0.1, 0.15) is 6.61 Å². The summed E-state index contributed by atoms with van der Waals surface area (Å²) in [5.74, 6) is 0. The van der Waals surface area contributed by atoms with E-state index in [-0.39, 0.29) is 12.1 Å². The first kappa shape index (κ1) is 21.6. The number of nitrogens with zero attached hydrogens (tertiary/aromatic N) is 3. The third-order valence-electron chi connectivity index (χ3n) is 7.97. The summed E-state index contributed by atoms with van der Waals surface area (Å²) in [6, 6.07) is 11.7. The van der Waals surface area contributed by atoms with Gasteiger partial charge in [-0.2, -0.15) is 0 Å². The van der Waals surface area contributed by atoms with Gasteiger partial charge in [0.25, 0.3) is 0 Å². The van der Waals surface area contributed by atoms with Crippen LogP contribution in [-0.2, 0) is 11.3 Å². The number of hydrogen-bond donors (Lipinski definition) is 1. The molecule has 3 amide bonds. The van der Waals surface area contributed by atoms with Gasteiger partial charge in [-0.05, 0) is 44.1 Å². The molecule has 174 valence electrons. The normalized spacial score (nSPS) is 27.8. The van der Waals surface area contributed by atoms with Crippen LogP contribution in [0.2, 0.25) is 0 Å². The molecule has 3 saturated heterocycles. The van der Waals surface area contributed by atoms with Gasteiger partial charge in [0.05, 0.1) is 12.1 Å². The number of carbonyl (C=O) groups is 2. The van der Waals surface area contributed by atoms with Crippen LogP contribution in [0, 0.1) is 0 Å². The lowest BCUT2D eigenvalue weighted by atomic mass is 9.89. The monoisotopic (exact) mass is 440 g/mol. The average molecular weight is 441 g/mol. The molecule has 1 aromatic carbocycles. The Hall–Kier alpha value is -2.28. The molecule has 7 nitrogen and oxygen atoms in total. The van der Waals surface area contributed by atoms with Crippen molar-refractivity contribution < 1.29 is 14.3 Å². The molecule has 1 aromatic rings. The van der Waals surface area contributed by atoms with E-state index in [1.165, 1.54) is 12.8 Å². The fourth-order valence-electron chi connectivity index (χ4n) is 6.19. The first-order chi connectivity index (χ1) is 15.7. The van der Waals surface area contributed by atoms with Crippen molar-refractivity contribution in [3.63, 3.8) is 0 Å². The molecule has 3 heterocycles. The quantitative estimate of drug-likeness (QED) is 0.777. The van der Waals surface area contributed by atoms with Crippen LogP contribution in [0.4, 0.5) is 9.59 Å². The first-order valence-corrected chi connectivity index (χ1v) is 12.5. The third-order valence-corrected chi connectivity index (χ3v) is 7.97. The van der Waals surface area contributed by atoms with E-state index in [9.17, 15) is 9.59 Å². The molecule has 0 aromatic heterocycles. The van der Waals surface area contributed by atoms with Crippen molar-refractivity contribution in [1.82, 2.24) is 20.0 Å². The summed E-state index contributed by atoms with van der Waals surface area (Å²) >= 11 is 0. The minimum Gasteiger partial charge on any atom is -0.445 e. The topological polar surface area (TPSA) is 65.1 Å². The van der Waals surface area contributed by atoms with Gasteiger partial charge in [0.2, 0.25) is 0 Å².